The molecule has 0 amide bonds. The number of nitro groups is 2. The highest BCUT2D eigenvalue weighted by Gasteiger charge is 2.09. The maximum atomic E-state index is 12.3. The minimum Gasteiger partial charge on any atom is -0.461 e. The topological polar surface area (TPSA) is 139 Å². The van der Waals surface area contributed by atoms with Crippen LogP contribution in [0.4, 0.5) is 11.4 Å². The monoisotopic (exact) mass is 624 g/mol. The van der Waals surface area contributed by atoms with Crippen molar-refractivity contribution in [2.45, 2.75) is 0 Å². The summed E-state index contributed by atoms with van der Waals surface area (Å²) < 4.78 is 10.7. The van der Waals surface area contributed by atoms with Crippen molar-refractivity contribution in [1.29, 1.82) is 0 Å². The lowest BCUT2D eigenvalue weighted by atomic mass is 10.1. The third-order valence-electron chi connectivity index (χ3n) is 6.36. The lowest BCUT2D eigenvalue weighted by molar-refractivity contribution is -0.385. The Bertz CT molecular complexity index is 1560. The molecule has 0 spiro atoms. The standard InChI is InChI=1S/C34H28N2O8S/c37-33(29-13-5-25(6-14-29)1-3-27-9-17-31(18-10-27)35(39)40)43-21-23-45-24-22-44-34(38)30-15-7-26(8-16-30)2-4-28-11-19-32(20-12-28)36(41)42/h1-20H,21-24H2. The van der Waals surface area contributed by atoms with Crippen LogP contribution in [0.2, 0.25) is 0 Å². The molecule has 0 saturated heterocycles. The van der Waals surface area contributed by atoms with Crippen molar-refractivity contribution < 1.29 is 28.9 Å². The molecule has 0 aliphatic rings. The van der Waals surface area contributed by atoms with Crippen LogP contribution in [0.25, 0.3) is 24.3 Å². The average molecular weight is 625 g/mol. The number of thioether (sulfide) groups is 1. The van der Waals surface area contributed by atoms with Gasteiger partial charge < -0.3 is 9.47 Å². The zero-order valence-corrected chi connectivity index (χ0v) is 24.8. The number of esters is 2. The average Bonchev–Trinajstić information content (AvgIpc) is 3.06. The molecule has 0 saturated carbocycles. The Kier molecular flexibility index (Phi) is 11.8. The van der Waals surface area contributed by atoms with Crippen LogP contribution >= 0.6 is 11.8 Å². The fourth-order valence-corrected chi connectivity index (χ4v) is 4.52. The van der Waals surface area contributed by atoms with Crippen LogP contribution in [-0.2, 0) is 9.47 Å². The quantitative estimate of drug-likeness (QED) is 0.0456. The van der Waals surface area contributed by atoms with E-state index in [1.165, 1.54) is 36.0 Å². The Morgan fingerprint density at radius 1 is 0.533 bits per heavy atom. The van der Waals surface area contributed by atoms with Crippen molar-refractivity contribution in [1.82, 2.24) is 0 Å². The molecule has 0 atom stereocenters. The molecule has 11 heteroatoms. The summed E-state index contributed by atoms with van der Waals surface area (Å²) in [6.07, 6.45) is 7.35. The molecule has 0 aromatic heterocycles. The largest absolute Gasteiger partial charge is 0.461 e. The molecule has 0 unspecified atom stereocenters. The van der Waals surface area contributed by atoms with Crippen LogP contribution in [-0.4, -0.2) is 46.5 Å². The van der Waals surface area contributed by atoms with Gasteiger partial charge in [-0.1, -0.05) is 48.6 Å². The van der Waals surface area contributed by atoms with Gasteiger partial charge in [-0.25, -0.2) is 9.59 Å². The summed E-state index contributed by atoms with van der Waals surface area (Å²) in [5.74, 6) is 0.238. The maximum absolute atomic E-state index is 12.3. The number of carbonyl (C=O) groups is 2. The number of hydrogen-bond donors (Lipinski definition) is 0. The second-order valence-electron chi connectivity index (χ2n) is 9.49. The van der Waals surface area contributed by atoms with E-state index in [2.05, 4.69) is 0 Å². The molecule has 0 heterocycles. The number of benzene rings is 4. The Morgan fingerprint density at radius 3 is 1.11 bits per heavy atom. The second kappa shape index (κ2) is 16.3. The van der Waals surface area contributed by atoms with Gasteiger partial charge in [0, 0.05) is 35.8 Å². The molecule has 0 radical (unpaired) electrons. The van der Waals surface area contributed by atoms with Crippen LogP contribution < -0.4 is 0 Å². The van der Waals surface area contributed by atoms with E-state index in [-0.39, 0.29) is 24.6 Å². The molecule has 10 nitrogen and oxygen atoms in total. The highest BCUT2D eigenvalue weighted by Crippen LogP contribution is 2.17. The molecule has 4 aromatic rings. The van der Waals surface area contributed by atoms with Gasteiger partial charge in [0.2, 0.25) is 0 Å². The summed E-state index contributed by atoms with van der Waals surface area (Å²) in [7, 11) is 0. The van der Waals surface area contributed by atoms with E-state index in [0.29, 0.717) is 22.6 Å². The van der Waals surface area contributed by atoms with Crippen molar-refractivity contribution in [3.05, 3.63) is 151 Å². The summed E-state index contributed by atoms with van der Waals surface area (Å²) in [5, 5.41) is 21.5. The molecule has 4 aromatic carbocycles. The van der Waals surface area contributed by atoms with E-state index in [1.54, 1.807) is 72.8 Å². The van der Waals surface area contributed by atoms with Gasteiger partial charge in [0.25, 0.3) is 11.4 Å². The molecule has 4 rings (SSSR count). The predicted molar refractivity (Wildman–Crippen MR) is 175 cm³/mol. The lowest BCUT2D eigenvalue weighted by Gasteiger charge is -2.07. The van der Waals surface area contributed by atoms with Crippen LogP contribution in [0.3, 0.4) is 0 Å². The molecule has 228 valence electrons. The zero-order valence-electron chi connectivity index (χ0n) is 23.9. The summed E-state index contributed by atoms with van der Waals surface area (Å²) in [5.41, 5.74) is 4.28. The van der Waals surface area contributed by atoms with Crippen molar-refractivity contribution in [3.8, 4) is 0 Å². The third kappa shape index (κ3) is 10.3. The summed E-state index contributed by atoms with van der Waals surface area (Å²) in [4.78, 5) is 45.3. The SMILES string of the molecule is O=C(OCCSCCOC(=O)c1ccc(C=Cc2ccc([N+](=O)[O-])cc2)cc1)c1ccc(C=Cc2ccc([N+](=O)[O-])cc2)cc1. The number of non-ortho nitro benzene ring substituents is 2. The third-order valence-corrected chi connectivity index (χ3v) is 7.27. The van der Waals surface area contributed by atoms with E-state index in [0.717, 1.165) is 22.3 Å². The first-order valence-corrected chi connectivity index (χ1v) is 14.9. The Labute approximate surface area is 263 Å². The van der Waals surface area contributed by atoms with Crippen LogP contribution in [0.5, 0.6) is 0 Å². The highest BCUT2D eigenvalue weighted by atomic mass is 32.2. The zero-order chi connectivity index (χ0) is 32.0. The van der Waals surface area contributed by atoms with Gasteiger partial charge in [-0.15, -0.1) is 0 Å². The Hall–Kier alpha value is -5.55. The minimum absolute atomic E-state index is 0.0325. The van der Waals surface area contributed by atoms with Crippen molar-refractivity contribution >= 4 is 59.4 Å². The normalized spacial score (nSPS) is 11.0. The van der Waals surface area contributed by atoms with Crippen LogP contribution in [0.15, 0.2) is 97.1 Å². The van der Waals surface area contributed by atoms with Gasteiger partial charge >= 0.3 is 11.9 Å². The van der Waals surface area contributed by atoms with E-state index in [4.69, 9.17) is 9.47 Å². The molecule has 0 aliphatic carbocycles. The first-order valence-electron chi connectivity index (χ1n) is 13.8. The Morgan fingerprint density at radius 2 is 0.822 bits per heavy atom. The number of nitro benzene ring substituents is 2. The minimum atomic E-state index is -0.445. The van der Waals surface area contributed by atoms with Crippen LogP contribution in [0.1, 0.15) is 43.0 Å². The van der Waals surface area contributed by atoms with Crippen LogP contribution in [0, 0.1) is 20.2 Å². The summed E-state index contributed by atoms with van der Waals surface area (Å²) >= 11 is 1.50. The van der Waals surface area contributed by atoms with Crippen molar-refractivity contribution in [2.24, 2.45) is 0 Å². The van der Waals surface area contributed by atoms with E-state index >= 15 is 0 Å². The van der Waals surface area contributed by atoms with Gasteiger partial charge in [-0.05, 0) is 70.8 Å². The molecule has 0 N–H and O–H groups in total. The molecular formula is C34H28N2O8S. The van der Waals surface area contributed by atoms with Crippen molar-refractivity contribution in [2.75, 3.05) is 24.7 Å². The number of ether oxygens (including phenoxy) is 2. The molecule has 0 aliphatic heterocycles. The molecule has 0 fully saturated rings. The van der Waals surface area contributed by atoms with E-state index in [1.807, 2.05) is 24.3 Å². The summed E-state index contributed by atoms with van der Waals surface area (Å²) in [6, 6.07) is 26.3. The van der Waals surface area contributed by atoms with E-state index < -0.39 is 21.8 Å². The van der Waals surface area contributed by atoms with E-state index in [9.17, 15) is 29.8 Å². The second-order valence-corrected chi connectivity index (χ2v) is 10.7. The fraction of sp³-hybridized carbons (Fsp3) is 0.118. The number of hydrogen-bond acceptors (Lipinski definition) is 9. The van der Waals surface area contributed by atoms with Gasteiger partial charge in [-0.3, -0.25) is 20.2 Å². The predicted octanol–water partition coefficient (Wildman–Crippen LogP) is 7.59. The first-order chi connectivity index (χ1) is 21.8. The van der Waals surface area contributed by atoms with Gasteiger partial charge in [-0.2, -0.15) is 11.8 Å². The number of rotatable bonds is 14. The number of nitrogens with zero attached hydrogens (tertiary/aromatic N) is 2. The van der Waals surface area contributed by atoms with Gasteiger partial charge in [0.15, 0.2) is 0 Å². The number of carbonyl (C=O) groups excluding carboxylic acids is 2. The Balaban J connectivity index is 1.10. The van der Waals surface area contributed by atoms with Gasteiger partial charge in [0.05, 0.1) is 21.0 Å². The first kappa shape index (κ1) is 32.4. The fourth-order valence-electron chi connectivity index (χ4n) is 3.92. The molecule has 45 heavy (non-hydrogen) atoms. The van der Waals surface area contributed by atoms with Crippen molar-refractivity contribution in [3.63, 3.8) is 0 Å². The highest BCUT2D eigenvalue weighted by molar-refractivity contribution is 7.99. The van der Waals surface area contributed by atoms with Gasteiger partial charge in [0.1, 0.15) is 13.2 Å². The smallest absolute Gasteiger partial charge is 0.338 e. The summed E-state index contributed by atoms with van der Waals surface area (Å²) in [6.45, 7) is 0.433. The lowest BCUT2D eigenvalue weighted by Crippen LogP contribution is -2.10. The molecular weight excluding hydrogens is 596 g/mol. The maximum Gasteiger partial charge on any atom is 0.338 e. The molecule has 0 bridgehead atoms.